The van der Waals surface area contributed by atoms with Crippen molar-refractivity contribution in [1.82, 2.24) is 4.57 Å². The molecule has 7 nitrogen and oxygen atoms in total. The van der Waals surface area contributed by atoms with Gasteiger partial charge in [-0.05, 0) is 55.3 Å². The van der Waals surface area contributed by atoms with Gasteiger partial charge >= 0.3 is 29.6 Å². The maximum absolute atomic E-state index is 14.0. The number of aliphatic carboxylic acids is 1. The number of nitrogens with zero attached hydrogens (tertiary/aromatic N) is 1. The minimum Gasteiger partial charge on any atom is -0.550 e. The second kappa shape index (κ2) is 15.1. The van der Waals surface area contributed by atoms with Gasteiger partial charge in [0.2, 0.25) is 0 Å². The second-order valence-electron chi connectivity index (χ2n) is 10.0. The van der Waals surface area contributed by atoms with Crippen molar-refractivity contribution in [2.45, 2.75) is 44.9 Å². The molecule has 0 saturated carbocycles. The van der Waals surface area contributed by atoms with Crippen molar-refractivity contribution in [1.29, 1.82) is 0 Å². The van der Waals surface area contributed by atoms with E-state index in [0.29, 0.717) is 33.8 Å². The molecule has 0 bridgehead atoms. The summed E-state index contributed by atoms with van der Waals surface area (Å²) in [5, 5.41) is 34.4. The number of nitrogens with one attached hydrogen (secondary N) is 1. The van der Waals surface area contributed by atoms with Gasteiger partial charge < -0.3 is 30.0 Å². The number of halogens is 1. The predicted octanol–water partition coefficient (Wildman–Crippen LogP) is 2.06. The largest absolute Gasteiger partial charge is 1.00 e. The van der Waals surface area contributed by atoms with Crippen molar-refractivity contribution >= 4 is 23.6 Å². The van der Waals surface area contributed by atoms with E-state index < -0.39 is 30.4 Å². The zero-order chi connectivity index (χ0) is 29.5. The summed E-state index contributed by atoms with van der Waals surface area (Å²) < 4.78 is 15.9. The molecule has 0 aliphatic carbocycles. The summed E-state index contributed by atoms with van der Waals surface area (Å²) in [4.78, 5) is 24.9. The third kappa shape index (κ3) is 8.06. The first-order chi connectivity index (χ1) is 19.7. The standard InChI is InChI=1S/C33H33FN2O5.Na/c1-21(2)36-28(18-17-26(37)19-27(38)20-29(39)40)30(23-13-15-24(34)16-14-23)31(22-9-5-3-6-10-22)32(36)33(41)35-25-11-7-4-8-12-25;/h3-18,21,26-27,37-38H,19-20H2,1-2H3,(H,35,41)(H,39,40);/q;+1/p-1/t26?,27-;/m1./s1. The number of aliphatic hydroxyl groups excluding tert-OH is 2. The van der Waals surface area contributed by atoms with Crippen molar-refractivity contribution < 1.29 is 58.9 Å². The maximum atomic E-state index is 14.0. The Kier molecular flexibility index (Phi) is 11.8. The van der Waals surface area contributed by atoms with E-state index in [-0.39, 0.29) is 47.9 Å². The average Bonchev–Trinajstić information content (AvgIpc) is 3.28. The Balaban J connectivity index is 0.00000484. The van der Waals surface area contributed by atoms with Gasteiger partial charge in [0.1, 0.15) is 11.5 Å². The van der Waals surface area contributed by atoms with E-state index in [0.717, 1.165) is 5.56 Å². The van der Waals surface area contributed by atoms with Crippen molar-refractivity contribution in [3.63, 3.8) is 0 Å². The zero-order valence-corrected chi connectivity index (χ0v) is 25.8. The van der Waals surface area contributed by atoms with E-state index in [2.05, 4.69) is 5.32 Å². The number of aliphatic hydroxyl groups is 2. The fraction of sp³-hybridized carbons (Fsp3) is 0.212. The van der Waals surface area contributed by atoms with Crippen LogP contribution in [0.15, 0.2) is 91.0 Å². The number of rotatable bonds is 11. The van der Waals surface area contributed by atoms with Crippen molar-refractivity contribution in [3.05, 3.63) is 108 Å². The summed E-state index contributed by atoms with van der Waals surface area (Å²) in [5.74, 6) is -2.17. The van der Waals surface area contributed by atoms with Crippen LogP contribution in [0.1, 0.15) is 48.9 Å². The monoisotopic (exact) mass is 578 g/mol. The molecule has 42 heavy (non-hydrogen) atoms. The second-order valence-corrected chi connectivity index (χ2v) is 10.0. The van der Waals surface area contributed by atoms with Crippen LogP contribution >= 0.6 is 0 Å². The molecule has 4 aromatic rings. The van der Waals surface area contributed by atoms with Crippen LogP contribution in [0.25, 0.3) is 28.3 Å². The van der Waals surface area contributed by atoms with Gasteiger partial charge in [-0.3, -0.25) is 4.79 Å². The van der Waals surface area contributed by atoms with E-state index >= 15 is 0 Å². The van der Waals surface area contributed by atoms with Gasteiger partial charge in [0.05, 0.1) is 12.2 Å². The molecule has 9 heteroatoms. The Labute approximate surface area is 266 Å². The van der Waals surface area contributed by atoms with Gasteiger partial charge in [-0.15, -0.1) is 0 Å². The Morgan fingerprint density at radius 1 is 0.905 bits per heavy atom. The Hall–Kier alpha value is -3.53. The quantitative estimate of drug-likeness (QED) is 0.236. The number of carboxylic acid groups (broad SMARTS) is 1. The van der Waals surface area contributed by atoms with Crippen LogP contribution < -0.4 is 40.0 Å². The first-order valence-corrected chi connectivity index (χ1v) is 13.4. The van der Waals surface area contributed by atoms with Crippen LogP contribution in [0.4, 0.5) is 10.1 Å². The van der Waals surface area contributed by atoms with Crippen LogP contribution in [0, 0.1) is 5.82 Å². The molecule has 212 valence electrons. The minimum absolute atomic E-state index is 0. The third-order valence-electron chi connectivity index (χ3n) is 6.59. The number of amides is 1. The zero-order valence-electron chi connectivity index (χ0n) is 23.8. The van der Waals surface area contributed by atoms with E-state index in [9.17, 15) is 29.3 Å². The summed E-state index contributed by atoms with van der Waals surface area (Å²) in [6, 6.07) is 24.2. The summed E-state index contributed by atoms with van der Waals surface area (Å²) in [6.07, 6.45) is -0.182. The Bertz CT molecular complexity index is 1520. The number of hydrogen-bond acceptors (Lipinski definition) is 5. The van der Waals surface area contributed by atoms with Gasteiger partial charge in [-0.2, -0.15) is 0 Å². The number of aromatic nitrogens is 1. The molecule has 0 saturated heterocycles. The maximum Gasteiger partial charge on any atom is 1.00 e. The minimum atomic E-state index is -1.41. The van der Waals surface area contributed by atoms with E-state index in [1.807, 2.05) is 66.9 Å². The van der Waals surface area contributed by atoms with Gasteiger partial charge in [0, 0.05) is 47.4 Å². The van der Waals surface area contributed by atoms with Crippen molar-refractivity contribution in [3.8, 4) is 22.3 Å². The van der Waals surface area contributed by atoms with Crippen molar-refractivity contribution in [2.24, 2.45) is 0 Å². The smallest absolute Gasteiger partial charge is 0.550 e. The molecule has 0 fully saturated rings. The normalized spacial score (nSPS) is 12.6. The number of carboxylic acids is 1. The number of benzene rings is 3. The number of hydrogen-bond donors (Lipinski definition) is 3. The first kappa shape index (κ1) is 33.0. The van der Waals surface area contributed by atoms with E-state index in [1.54, 1.807) is 30.3 Å². The number of carbonyl (C=O) groups excluding carboxylic acids is 2. The van der Waals surface area contributed by atoms with Crippen LogP contribution in [-0.4, -0.2) is 38.9 Å². The van der Waals surface area contributed by atoms with Crippen LogP contribution in [0.2, 0.25) is 0 Å². The molecular weight excluding hydrogens is 546 g/mol. The summed E-state index contributed by atoms with van der Waals surface area (Å²) in [7, 11) is 0. The molecule has 1 unspecified atom stereocenters. The number of carbonyl (C=O) groups is 2. The predicted molar refractivity (Wildman–Crippen MR) is 155 cm³/mol. The summed E-state index contributed by atoms with van der Waals surface area (Å²) >= 11 is 0. The van der Waals surface area contributed by atoms with E-state index in [1.165, 1.54) is 18.2 Å². The molecule has 3 aromatic carbocycles. The van der Waals surface area contributed by atoms with Crippen LogP contribution in [0.5, 0.6) is 0 Å². The summed E-state index contributed by atoms with van der Waals surface area (Å²) in [6.45, 7) is 3.86. The third-order valence-corrected chi connectivity index (χ3v) is 6.59. The molecule has 1 heterocycles. The molecule has 1 amide bonds. The molecule has 1 aromatic heterocycles. The summed E-state index contributed by atoms with van der Waals surface area (Å²) in [5.41, 5.74) is 4.28. The fourth-order valence-electron chi connectivity index (χ4n) is 4.87. The van der Waals surface area contributed by atoms with Crippen molar-refractivity contribution in [2.75, 3.05) is 5.32 Å². The molecule has 3 N–H and O–H groups in total. The van der Waals surface area contributed by atoms with E-state index in [4.69, 9.17) is 0 Å². The number of anilines is 1. The van der Waals surface area contributed by atoms with Gasteiger partial charge in [-0.1, -0.05) is 66.7 Å². The van der Waals surface area contributed by atoms with Gasteiger partial charge in [0.15, 0.2) is 0 Å². The van der Waals surface area contributed by atoms with Crippen LogP contribution in [0.3, 0.4) is 0 Å². The molecule has 2 atom stereocenters. The molecular formula is C33H32FN2NaO5. The first-order valence-electron chi connectivity index (χ1n) is 13.4. The molecule has 4 rings (SSSR count). The molecule has 0 aliphatic heterocycles. The molecule has 0 radical (unpaired) electrons. The average molecular weight is 579 g/mol. The SMILES string of the molecule is CC(C)n1c(C=CC(O)C[C@@H](O)CC(=O)[O-])c(-c2ccc(F)cc2)c(-c2ccccc2)c1C(=O)Nc1ccccc1.[Na+]. The fourth-order valence-corrected chi connectivity index (χ4v) is 4.87. The number of para-hydroxylation sites is 1. The van der Waals surface area contributed by atoms with Gasteiger partial charge in [0.25, 0.3) is 5.91 Å². The molecule has 0 aliphatic rings. The molecule has 0 spiro atoms. The Morgan fingerprint density at radius 3 is 2.05 bits per heavy atom. The Morgan fingerprint density at radius 2 is 1.48 bits per heavy atom. The topological polar surface area (TPSA) is 115 Å². The van der Waals surface area contributed by atoms with Gasteiger partial charge in [-0.25, -0.2) is 4.39 Å². The van der Waals surface area contributed by atoms with Crippen LogP contribution in [-0.2, 0) is 4.79 Å².